The second kappa shape index (κ2) is 8.63. The van der Waals surface area contributed by atoms with E-state index >= 15 is 0 Å². The first-order valence-corrected chi connectivity index (χ1v) is 10.2. The number of para-hydroxylation sites is 1. The fourth-order valence-corrected chi connectivity index (χ4v) is 4.13. The molecule has 0 spiro atoms. The summed E-state index contributed by atoms with van der Waals surface area (Å²) in [5, 5.41) is 0. The molecule has 2 aliphatic rings. The number of methoxy groups -OCH3 is 2. The van der Waals surface area contributed by atoms with E-state index < -0.39 is 11.9 Å². The highest BCUT2D eigenvalue weighted by Crippen LogP contribution is 2.32. The molecule has 4 rings (SSSR count). The van der Waals surface area contributed by atoms with Gasteiger partial charge in [-0.05, 0) is 55.2 Å². The van der Waals surface area contributed by atoms with Crippen LogP contribution in [0.3, 0.4) is 0 Å². The average molecular weight is 420 g/mol. The van der Waals surface area contributed by atoms with Gasteiger partial charge in [-0.2, -0.15) is 0 Å². The Bertz CT molecular complexity index is 1060. The molecule has 0 bridgehead atoms. The quantitative estimate of drug-likeness (QED) is 0.710. The Morgan fingerprint density at radius 2 is 1.81 bits per heavy atom. The largest absolute Gasteiger partial charge is 0.493 e. The Balaban J connectivity index is 1.69. The van der Waals surface area contributed by atoms with E-state index in [1.165, 1.54) is 13.2 Å². The molecule has 0 saturated carbocycles. The number of hydrogen-bond acceptors (Lipinski definition) is 5. The lowest BCUT2D eigenvalue weighted by molar-refractivity contribution is -0.128. The predicted molar refractivity (Wildman–Crippen MR) is 116 cm³/mol. The van der Waals surface area contributed by atoms with Crippen molar-refractivity contribution in [2.45, 2.75) is 25.3 Å². The van der Waals surface area contributed by atoms with Gasteiger partial charge in [0.1, 0.15) is 6.04 Å². The molecular weight excluding hydrogens is 396 g/mol. The Morgan fingerprint density at radius 1 is 1.03 bits per heavy atom. The van der Waals surface area contributed by atoms with Crippen LogP contribution in [-0.2, 0) is 9.59 Å². The number of anilines is 1. The summed E-state index contributed by atoms with van der Waals surface area (Å²) in [4.78, 5) is 42.4. The molecule has 160 valence electrons. The SMILES string of the molecule is COc1ccc(/C=C/C(=O)N2C(=O)C3CCCCN3C(=O)c3ccccc32)cc1OC. The number of amides is 3. The van der Waals surface area contributed by atoms with Crippen molar-refractivity contribution in [3.05, 3.63) is 59.7 Å². The maximum absolute atomic E-state index is 13.4. The van der Waals surface area contributed by atoms with Crippen molar-refractivity contribution in [3.63, 3.8) is 0 Å². The Morgan fingerprint density at radius 3 is 2.58 bits per heavy atom. The van der Waals surface area contributed by atoms with Gasteiger partial charge >= 0.3 is 0 Å². The Kier molecular flexibility index (Phi) is 5.75. The normalized spacial score (nSPS) is 18.5. The number of nitrogens with zero attached hydrogens (tertiary/aromatic N) is 2. The van der Waals surface area contributed by atoms with Crippen molar-refractivity contribution in [1.82, 2.24) is 4.90 Å². The van der Waals surface area contributed by atoms with Crippen LogP contribution < -0.4 is 14.4 Å². The molecule has 0 aliphatic carbocycles. The van der Waals surface area contributed by atoms with Crippen molar-refractivity contribution >= 4 is 29.5 Å². The van der Waals surface area contributed by atoms with E-state index in [9.17, 15) is 14.4 Å². The number of carbonyl (C=O) groups is 3. The van der Waals surface area contributed by atoms with Crippen molar-refractivity contribution in [1.29, 1.82) is 0 Å². The highest BCUT2D eigenvalue weighted by Gasteiger charge is 2.42. The molecule has 1 saturated heterocycles. The smallest absolute Gasteiger partial charge is 0.257 e. The zero-order valence-electron chi connectivity index (χ0n) is 17.5. The fraction of sp³-hybridized carbons (Fsp3) is 0.292. The van der Waals surface area contributed by atoms with E-state index in [1.54, 1.807) is 60.6 Å². The standard InChI is InChI=1S/C24H24N2O5/c1-30-20-12-10-16(15-21(20)31-2)11-13-22(27)26-18-8-4-3-7-17(18)23(28)25-14-6-5-9-19(25)24(26)29/h3-4,7-8,10-13,15,19H,5-6,9,14H2,1-2H3/b13-11+. The molecule has 0 aromatic heterocycles. The molecule has 2 aliphatic heterocycles. The molecule has 7 heteroatoms. The summed E-state index contributed by atoms with van der Waals surface area (Å²) < 4.78 is 10.5. The number of ether oxygens (including phenoxy) is 2. The molecule has 1 atom stereocenters. The highest BCUT2D eigenvalue weighted by atomic mass is 16.5. The van der Waals surface area contributed by atoms with Crippen molar-refractivity contribution in [2.75, 3.05) is 25.7 Å². The summed E-state index contributed by atoms with van der Waals surface area (Å²) in [5.74, 6) is 0.0653. The van der Waals surface area contributed by atoms with Crippen LogP contribution in [0.25, 0.3) is 6.08 Å². The summed E-state index contributed by atoms with van der Waals surface area (Å²) in [7, 11) is 3.09. The number of rotatable bonds is 4. The minimum atomic E-state index is -0.618. The van der Waals surface area contributed by atoms with Gasteiger partial charge in [0.15, 0.2) is 11.5 Å². The number of hydrogen-bond donors (Lipinski definition) is 0. The third-order valence-corrected chi connectivity index (χ3v) is 5.69. The molecule has 1 unspecified atom stereocenters. The van der Waals surface area contributed by atoms with E-state index in [-0.39, 0.29) is 11.8 Å². The van der Waals surface area contributed by atoms with Crippen molar-refractivity contribution < 1.29 is 23.9 Å². The monoisotopic (exact) mass is 420 g/mol. The van der Waals surface area contributed by atoms with Gasteiger partial charge in [0.2, 0.25) is 0 Å². The van der Waals surface area contributed by atoms with Crippen LogP contribution in [0.4, 0.5) is 5.69 Å². The lowest BCUT2D eigenvalue weighted by Gasteiger charge is -2.33. The molecule has 7 nitrogen and oxygen atoms in total. The van der Waals surface area contributed by atoms with E-state index in [0.717, 1.165) is 23.3 Å². The number of benzene rings is 2. The summed E-state index contributed by atoms with van der Waals surface area (Å²) in [5.41, 5.74) is 1.42. The number of piperidine rings is 1. The van der Waals surface area contributed by atoms with Crippen LogP contribution in [0.1, 0.15) is 35.2 Å². The van der Waals surface area contributed by atoms with Crippen LogP contribution >= 0.6 is 0 Å². The molecular formula is C24H24N2O5. The van der Waals surface area contributed by atoms with Gasteiger partial charge in [-0.15, -0.1) is 0 Å². The van der Waals surface area contributed by atoms with Gasteiger partial charge in [-0.1, -0.05) is 18.2 Å². The van der Waals surface area contributed by atoms with E-state index in [1.807, 2.05) is 0 Å². The van der Waals surface area contributed by atoms with Gasteiger partial charge in [-0.3, -0.25) is 14.4 Å². The molecule has 0 radical (unpaired) electrons. The lowest BCUT2D eigenvalue weighted by atomic mass is 10.0. The van der Waals surface area contributed by atoms with Gasteiger partial charge < -0.3 is 14.4 Å². The maximum Gasteiger partial charge on any atom is 0.257 e. The number of carbonyl (C=O) groups excluding carboxylic acids is 3. The molecule has 2 heterocycles. The minimum Gasteiger partial charge on any atom is -0.493 e. The highest BCUT2D eigenvalue weighted by molar-refractivity contribution is 6.25. The van der Waals surface area contributed by atoms with Gasteiger partial charge in [-0.25, -0.2) is 4.90 Å². The lowest BCUT2D eigenvalue weighted by Crippen LogP contribution is -2.51. The van der Waals surface area contributed by atoms with Crippen molar-refractivity contribution in [3.8, 4) is 11.5 Å². The van der Waals surface area contributed by atoms with Gasteiger partial charge in [0.25, 0.3) is 17.7 Å². The second-order valence-corrected chi connectivity index (χ2v) is 7.49. The summed E-state index contributed by atoms with van der Waals surface area (Å²) in [6, 6.07) is 11.4. The summed E-state index contributed by atoms with van der Waals surface area (Å²) in [6.45, 7) is 0.521. The Hall–Kier alpha value is -3.61. The average Bonchev–Trinajstić information content (AvgIpc) is 2.91. The zero-order chi connectivity index (χ0) is 22.0. The summed E-state index contributed by atoms with van der Waals surface area (Å²) in [6.07, 6.45) is 5.22. The van der Waals surface area contributed by atoms with Crippen LogP contribution in [0.2, 0.25) is 0 Å². The topological polar surface area (TPSA) is 76.2 Å². The third kappa shape index (κ3) is 3.79. The van der Waals surface area contributed by atoms with E-state index in [0.29, 0.717) is 35.7 Å². The molecule has 1 fully saturated rings. The Labute approximate surface area is 180 Å². The molecule has 2 aromatic rings. The van der Waals surface area contributed by atoms with Gasteiger partial charge in [0.05, 0.1) is 25.5 Å². The number of fused-ring (bicyclic) bond motifs is 2. The number of imide groups is 1. The van der Waals surface area contributed by atoms with Crippen LogP contribution in [0.15, 0.2) is 48.5 Å². The first-order chi connectivity index (χ1) is 15.0. The minimum absolute atomic E-state index is 0.201. The first kappa shape index (κ1) is 20.7. The van der Waals surface area contributed by atoms with Crippen LogP contribution in [0.5, 0.6) is 11.5 Å². The van der Waals surface area contributed by atoms with Gasteiger partial charge in [0, 0.05) is 12.6 Å². The summed E-state index contributed by atoms with van der Waals surface area (Å²) >= 11 is 0. The maximum atomic E-state index is 13.4. The first-order valence-electron chi connectivity index (χ1n) is 10.2. The third-order valence-electron chi connectivity index (χ3n) is 5.69. The van der Waals surface area contributed by atoms with Crippen molar-refractivity contribution in [2.24, 2.45) is 0 Å². The molecule has 3 amide bonds. The molecule has 0 N–H and O–H groups in total. The molecule has 2 aromatic carbocycles. The molecule has 31 heavy (non-hydrogen) atoms. The van der Waals surface area contributed by atoms with E-state index in [4.69, 9.17) is 9.47 Å². The van der Waals surface area contributed by atoms with Crippen LogP contribution in [-0.4, -0.2) is 49.4 Å². The predicted octanol–water partition coefficient (Wildman–Crippen LogP) is 3.29. The zero-order valence-corrected chi connectivity index (χ0v) is 17.5. The second-order valence-electron chi connectivity index (χ2n) is 7.49. The fourth-order valence-electron chi connectivity index (χ4n) is 4.13. The van der Waals surface area contributed by atoms with Crippen LogP contribution in [0, 0.1) is 0 Å². The van der Waals surface area contributed by atoms with E-state index in [2.05, 4.69) is 0 Å².